The molecule has 0 aromatic carbocycles. The molecule has 5 nitrogen and oxygen atoms in total. The number of likely N-dealkylation sites (N-methyl/N-ethyl adjacent to an activating group) is 1. The summed E-state index contributed by atoms with van der Waals surface area (Å²) in [5.41, 5.74) is 7.07. The van der Waals surface area contributed by atoms with Crippen molar-refractivity contribution in [3.63, 3.8) is 0 Å². The van der Waals surface area contributed by atoms with Gasteiger partial charge in [0.1, 0.15) is 10.4 Å². The van der Waals surface area contributed by atoms with E-state index in [2.05, 4.69) is 42.6 Å². The fourth-order valence-corrected chi connectivity index (χ4v) is 3.17. The SMILES string of the molecule is CCN1CCN(C(CN)c2[nH]c(C)nc2Br)CC1. The molecule has 1 unspecified atom stereocenters. The minimum atomic E-state index is 0.236. The number of aromatic amines is 1. The number of piperazine rings is 1. The van der Waals surface area contributed by atoms with Gasteiger partial charge in [-0.2, -0.15) is 0 Å². The molecule has 1 aliphatic heterocycles. The van der Waals surface area contributed by atoms with Crippen molar-refractivity contribution in [2.24, 2.45) is 5.73 Å². The minimum Gasteiger partial charge on any atom is -0.344 e. The van der Waals surface area contributed by atoms with E-state index in [0.29, 0.717) is 6.54 Å². The summed E-state index contributed by atoms with van der Waals surface area (Å²) in [4.78, 5) is 12.6. The van der Waals surface area contributed by atoms with Crippen LogP contribution in [0.2, 0.25) is 0 Å². The highest BCUT2D eigenvalue weighted by atomic mass is 79.9. The Morgan fingerprint density at radius 3 is 2.50 bits per heavy atom. The van der Waals surface area contributed by atoms with Gasteiger partial charge in [-0.15, -0.1) is 0 Å². The van der Waals surface area contributed by atoms with Gasteiger partial charge < -0.3 is 15.6 Å². The summed E-state index contributed by atoms with van der Waals surface area (Å²) in [5, 5.41) is 0. The van der Waals surface area contributed by atoms with Crippen LogP contribution in [0.4, 0.5) is 0 Å². The molecule has 0 aliphatic carbocycles. The molecular weight excluding hydrogens is 294 g/mol. The number of aromatic nitrogens is 2. The van der Waals surface area contributed by atoms with Crippen LogP contribution in [0.25, 0.3) is 0 Å². The Labute approximate surface area is 117 Å². The van der Waals surface area contributed by atoms with Crippen LogP contribution >= 0.6 is 15.9 Å². The maximum absolute atomic E-state index is 5.96. The van der Waals surface area contributed by atoms with Crippen LogP contribution in [-0.2, 0) is 0 Å². The lowest BCUT2D eigenvalue weighted by molar-refractivity contribution is 0.100. The van der Waals surface area contributed by atoms with Crippen LogP contribution in [-0.4, -0.2) is 59.0 Å². The van der Waals surface area contributed by atoms with Gasteiger partial charge in [0, 0.05) is 32.7 Å². The van der Waals surface area contributed by atoms with Crippen molar-refractivity contribution in [1.82, 2.24) is 19.8 Å². The lowest BCUT2D eigenvalue weighted by atomic mass is 10.1. The van der Waals surface area contributed by atoms with Crippen molar-refractivity contribution in [3.8, 4) is 0 Å². The van der Waals surface area contributed by atoms with Crippen molar-refractivity contribution in [2.45, 2.75) is 19.9 Å². The van der Waals surface area contributed by atoms with Crippen LogP contribution in [0.3, 0.4) is 0 Å². The number of hydrogen-bond donors (Lipinski definition) is 2. The van der Waals surface area contributed by atoms with E-state index >= 15 is 0 Å². The molecule has 6 heteroatoms. The van der Waals surface area contributed by atoms with E-state index in [0.717, 1.165) is 48.8 Å². The quantitative estimate of drug-likeness (QED) is 0.874. The summed E-state index contributed by atoms with van der Waals surface area (Å²) in [5.74, 6) is 0.933. The smallest absolute Gasteiger partial charge is 0.129 e. The first-order valence-corrected chi connectivity index (χ1v) is 7.33. The van der Waals surface area contributed by atoms with Crippen molar-refractivity contribution >= 4 is 15.9 Å². The Balaban J connectivity index is 2.08. The Bertz CT molecular complexity index is 384. The summed E-state index contributed by atoms with van der Waals surface area (Å²) in [7, 11) is 0. The van der Waals surface area contributed by atoms with Crippen LogP contribution in [0, 0.1) is 6.92 Å². The van der Waals surface area contributed by atoms with Gasteiger partial charge in [0.05, 0.1) is 11.7 Å². The van der Waals surface area contributed by atoms with E-state index in [1.54, 1.807) is 0 Å². The largest absolute Gasteiger partial charge is 0.344 e. The van der Waals surface area contributed by atoms with Gasteiger partial charge >= 0.3 is 0 Å². The average molecular weight is 316 g/mol. The summed E-state index contributed by atoms with van der Waals surface area (Å²) >= 11 is 3.52. The third-order valence-corrected chi connectivity index (χ3v) is 4.26. The van der Waals surface area contributed by atoms with Crippen molar-refractivity contribution in [2.75, 3.05) is 39.3 Å². The first kappa shape index (κ1) is 14.0. The molecule has 2 heterocycles. The molecule has 0 radical (unpaired) electrons. The summed E-state index contributed by atoms with van der Waals surface area (Å²) in [6.45, 7) is 10.3. The molecule has 0 spiro atoms. The number of nitrogens with one attached hydrogen (secondary N) is 1. The minimum absolute atomic E-state index is 0.236. The topological polar surface area (TPSA) is 61.2 Å². The number of nitrogens with two attached hydrogens (primary N) is 1. The number of halogens is 1. The van der Waals surface area contributed by atoms with Gasteiger partial charge in [-0.1, -0.05) is 6.92 Å². The first-order valence-electron chi connectivity index (χ1n) is 6.54. The highest BCUT2D eigenvalue weighted by Gasteiger charge is 2.26. The Morgan fingerprint density at radius 1 is 1.39 bits per heavy atom. The maximum atomic E-state index is 5.96. The fourth-order valence-electron chi connectivity index (χ4n) is 2.54. The summed E-state index contributed by atoms with van der Waals surface area (Å²) in [6.07, 6.45) is 0. The first-order chi connectivity index (χ1) is 8.65. The highest BCUT2D eigenvalue weighted by Crippen LogP contribution is 2.26. The molecule has 2 rings (SSSR count). The molecule has 0 saturated carbocycles. The standard InChI is InChI=1S/C12H22BrN5/c1-3-17-4-6-18(7-5-17)10(8-14)11-12(13)16-9(2)15-11/h10H,3-8,14H2,1-2H3,(H,15,16). The molecule has 1 aliphatic rings. The Hall–Kier alpha value is -0.430. The number of aryl methyl sites for hydroxylation is 1. The van der Waals surface area contributed by atoms with Crippen LogP contribution in [0.15, 0.2) is 4.60 Å². The number of hydrogen-bond acceptors (Lipinski definition) is 4. The second-order valence-electron chi connectivity index (χ2n) is 4.75. The average Bonchev–Trinajstić information content (AvgIpc) is 2.70. The van der Waals surface area contributed by atoms with E-state index < -0.39 is 0 Å². The molecule has 0 bridgehead atoms. The predicted molar refractivity (Wildman–Crippen MR) is 76.5 cm³/mol. The van der Waals surface area contributed by atoms with Gasteiger partial charge in [0.15, 0.2) is 0 Å². The number of H-pyrrole nitrogens is 1. The van der Waals surface area contributed by atoms with E-state index in [9.17, 15) is 0 Å². The number of rotatable bonds is 4. The Morgan fingerprint density at radius 2 is 2.06 bits per heavy atom. The molecule has 102 valence electrons. The van der Waals surface area contributed by atoms with Gasteiger partial charge in [0.25, 0.3) is 0 Å². The Kier molecular flexibility index (Phi) is 4.77. The predicted octanol–water partition coefficient (Wildman–Crippen LogP) is 1.12. The molecule has 1 aromatic heterocycles. The van der Waals surface area contributed by atoms with Gasteiger partial charge in [-0.25, -0.2) is 4.98 Å². The second-order valence-corrected chi connectivity index (χ2v) is 5.50. The lowest BCUT2D eigenvalue weighted by Gasteiger charge is -2.38. The number of imidazole rings is 1. The van der Waals surface area contributed by atoms with Crippen molar-refractivity contribution in [3.05, 3.63) is 16.1 Å². The molecule has 18 heavy (non-hydrogen) atoms. The monoisotopic (exact) mass is 315 g/mol. The third-order valence-electron chi connectivity index (χ3n) is 3.66. The number of nitrogens with zero attached hydrogens (tertiary/aromatic N) is 3. The van der Waals surface area contributed by atoms with Crippen molar-refractivity contribution in [1.29, 1.82) is 0 Å². The molecule has 1 saturated heterocycles. The van der Waals surface area contributed by atoms with Crippen LogP contribution in [0.1, 0.15) is 24.5 Å². The van der Waals surface area contributed by atoms with Gasteiger partial charge in [0.2, 0.25) is 0 Å². The molecule has 1 atom stereocenters. The highest BCUT2D eigenvalue weighted by molar-refractivity contribution is 9.10. The third kappa shape index (κ3) is 2.93. The molecule has 1 aromatic rings. The molecule has 1 fully saturated rings. The summed E-state index contributed by atoms with van der Waals surface area (Å²) in [6, 6.07) is 0.236. The zero-order valence-corrected chi connectivity index (χ0v) is 12.7. The van der Waals surface area contributed by atoms with E-state index in [1.165, 1.54) is 0 Å². The van der Waals surface area contributed by atoms with Crippen LogP contribution < -0.4 is 5.73 Å². The van der Waals surface area contributed by atoms with Crippen molar-refractivity contribution < 1.29 is 0 Å². The zero-order chi connectivity index (χ0) is 13.1. The van der Waals surface area contributed by atoms with E-state index in [4.69, 9.17) is 5.73 Å². The fraction of sp³-hybridized carbons (Fsp3) is 0.750. The summed E-state index contributed by atoms with van der Waals surface area (Å²) < 4.78 is 0.897. The zero-order valence-electron chi connectivity index (χ0n) is 11.1. The van der Waals surface area contributed by atoms with E-state index in [-0.39, 0.29) is 6.04 Å². The second kappa shape index (κ2) is 6.14. The van der Waals surface area contributed by atoms with E-state index in [1.807, 2.05) is 6.92 Å². The molecular formula is C12H22BrN5. The molecule has 0 amide bonds. The molecule has 3 N–H and O–H groups in total. The maximum Gasteiger partial charge on any atom is 0.129 e. The normalized spacial score (nSPS) is 20.2. The lowest BCUT2D eigenvalue weighted by Crippen LogP contribution is -2.48. The van der Waals surface area contributed by atoms with Gasteiger partial charge in [-0.3, -0.25) is 4.90 Å². The van der Waals surface area contributed by atoms with Gasteiger partial charge in [-0.05, 0) is 29.4 Å². The van der Waals surface area contributed by atoms with Crippen LogP contribution in [0.5, 0.6) is 0 Å².